The number of esters is 2. The fourth-order valence-corrected chi connectivity index (χ4v) is 3.46. The van der Waals surface area contributed by atoms with E-state index in [1.54, 1.807) is 18.2 Å². The van der Waals surface area contributed by atoms with Crippen LogP contribution in [0, 0.1) is 5.92 Å². The van der Waals surface area contributed by atoms with E-state index in [0.717, 1.165) is 0 Å². The van der Waals surface area contributed by atoms with Gasteiger partial charge in [0.2, 0.25) is 0 Å². The van der Waals surface area contributed by atoms with Gasteiger partial charge in [-0.25, -0.2) is 0 Å². The molecule has 0 radical (unpaired) electrons. The van der Waals surface area contributed by atoms with Crippen molar-refractivity contribution in [2.45, 2.75) is 18.3 Å². The van der Waals surface area contributed by atoms with E-state index in [-0.39, 0.29) is 0 Å². The Kier molecular flexibility index (Phi) is 2.91. The molecule has 0 aromatic heterocycles. The van der Waals surface area contributed by atoms with Crippen LogP contribution in [0.5, 0.6) is 0 Å². The maximum atomic E-state index is 12.2. The Morgan fingerprint density at radius 1 is 1.21 bits per heavy atom. The second-order valence-corrected chi connectivity index (χ2v) is 5.61. The van der Waals surface area contributed by atoms with E-state index in [1.165, 1.54) is 0 Å². The van der Waals surface area contributed by atoms with Crippen molar-refractivity contribution in [3.63, 3.8) is 0 Å². The Morgan fingerprint density at radius 3 is 2.74 bits per heavy atom. The molecule has 19 heavy (non-hydrogen) atoms. The molecule has 0 N–H and O–H groups in total. The van der Waals surface area contributed by atoms with Crippen molar-refractivity contribution in [2.75, 3.05) is 0 Å². The number of rotatable bonds is 1. The second-order valence-electron chi connectivity index (χ2n) is 4.77. The maximum Gasteiger partial charge on any atom is 0.325 e. The van der Waals surface area contributed by atoms with Crippen molar-refractivity contribution < 1.29 is 14.3 Å². The molecule has 1 aliphatic carbocycles. The Hall–Kier alpha value is -1.32. The van der Waals surface area contributed by atoms with Crippen LogP contribution in [0.25, 0.3) is 0 Å². The number of carbonyl (C=O) groups is 2. The summed E-state index contributed by atoms with van der Waals surface area (Å²) in [4.78, 5) is 24.0. The summed E-state index contributed by atoms with van der Waals surface area (Å²) >= 11 is 12.1. The molecule has 98 valence electrons. The third kappa shape index (κ3) is 1.72. The molecule has 0 amide bonds. The molecule has 0 bridgehead atoms. The Bertz CT molecular complexity index is 609. The van der Waals surface area contributed by atoms with Crippen LogP contribution < -0.4 is 0 Å². The molecule has 1 aromatic carbocycles. The van der Waals surface area contributed by atoms with Gasteiger partial charge in [0.05, 0.1) is 5.92 Å². The number of benzene rings is 1. The molecule has 0 spiro atoms. The minimum absolute atomic E-state index is 0.388. The Labute approximate surface area is 120 Å². The van der Waals surface area contributed by atoms with Crippen molar-refractivity contribution >= 4 is 35.1 Å². The van der Waals surface area contributed by atoms with E-state index in [9.17, 15) is 9.59 Å². The zero-order chi connectivity index (χ0) is 13.6. The van der Waals surface area contributed by atoms with Crippen molar-refractivity contribution in [1.82, 2.24) is 0 Å². The smallest absolute Gasteiger partial charge is 0.325 e. The number of fused-ring (bicyclic) bond motifs is 1. The fraction of sp³-hybridized carbons (Fsp3) is 0.286. The molecule has 0 saturated carbocycles. The van der Waals surface area contributed by atoms with E-state index in [1.807, 2.05) is 12.2 Å². The minimum Gasteiger partial charge on any atom is -0.392 e. The molecule has 1 aliphatic heterocycles. The minimum atomic E-state index is -0.993. The Balaban J connectivity index is 2.21. The quantitative estimate of drug-likeness (QED) is 0.454. The first-order valence-electron chi connectivity index (χ1n) is 5.92. The average Bonchev–Trinajstić information content (AvgIpc) is 2.62. The molecular formula is C14H10Cl2O3. The topological polar surface area (TPSA) is 43.4 Å². The van der Waals surface area contributed by atoms with E-state index in [2.05, 4.69) is 0 Å². The molecule has 2 atom stereocenters. The van der Waals surface area contributed by atoms with Gasteiger partial charge in [-0.1, -0.05) is 41.4 Å². The van der Waals surface area contributed by atoms with E-state index in [4.69, 9.17) is 27.9 Å². The van der Waals surface area contributed by atoms with Gasteiger partial charge in [0, 0.05) is 10.0 Å². The molecule has 1 saturated heterocycles. The van der Waals surface area contributed by atoms with Crippen LogP contribution in [0.15, 0.2) is 30.4 Å². The number of ether oxygens (including phenoxy) is 1. The van der Waals surface area contributed by atoms with E-state index >= 15 is 0 Å². The van der Waals surface area contributed by atoms with Gasteiger partial charge in [-0.05, 0) is 30.5 Å². The summed E-state index contributed by atoms with van der Waals surface area (Å²) in [5, 5.41) is 0.880. The van der Waals surface area contributed by atoms with E-state index < -0.39 is 23.3 Å². The maximum absolute atomic E-state index is 12.2. The lowest BCUT2D eigenvalue weighted by Crippen LogP contribution is -2.40. The average molecular weight is 297 g/mol. The van der Waals surface area contributed by atoms with Gasteiger partial charge in [-0.2, -0.15) is 0 Å². The summed E-state index contributed by atoms with van der Waals surface area (Å²) in [7, 11) is 0. The van der Waals surface area contributed by atoms with Crippen LogP contribution in [0.2, 0.25) is 10.0 Å². The van der Waals surface area contributed by atoms with Gasteiger partial charge >= 0.3 is 11.9 Å². The van der Waals surface area contributed by atoms with E-state index in [0.29, 0.717) is 28.5 Å². The molecule has 5 heteroatoms. The third-order valence-electron chi connectivity index (χ3n) is 3.83. The molecule has 3 nitrogen and oxygen atoms in total. The highest BCUT2D eigenvalue weighted by atomic mass is 35.5. The van der Waals surface area contributed by atoms with Crippen LogP contribution in [-0.2, 0) is 19.7 Å². The zero-order valence-electron chi connectivity index (χ0n) is 9.86. The van der Waals surface area contributed by atoms with Crippen molar-refractivity contribution in [3.8, 4) is 0 Å². The van der Waals surface area contributed by atoms with Crippen LogP contribution >= 0.6 is 23.2 Å². The lowest BCUT2D eigenvalue weighted by molar-refractivity contribution is -0.154. The van der Waals surface area contributed by atoms with Gasteiger partial charge in [0.15, 0.2) is 0 Å². The molecule has 3 rings (SSSR count). The highest BCUT2D eigenvalue weighted by Crippen LogP contribution is 2.49. The SMILES string of the molecule is O=C1OC(=O)[C@@]2(c3ccc(Cl)cc3Cl)CC=CC[C@@H]12. The summed E-state index contributed by atoms with van der Waals surface area (Å²) in [5.74, 6) is -1.49. The predicted octanol–water partition coefficient (Wildman–Crippen LogP) is 3.28. The molecule has 1 aromatic rings. The second kappa shape index (κ2) is 4.36. The predicted molar refractivity (Wildman–Crippen MR) is 71.1 cm³/mol. The van der Waals surface area contributed by atoms with Crippen molar-refractivity contribution in [3.05, 3.63) is 46.0 Å². The largest absolute Gasteiger partial charge is 0.392 e. The van der Waals surface area contributed by atoms with Gasteiger partial charge in [0.1, 0.15) is 5.41 Å². The molecule has 2 aliphatic rings. The normalized spacial score (nSPS) is 29.3. The van der Waals surface area contributed by atoms with Crippen molar-refractivity contribution in [1.29, 1.82) is 0 Å². The van der Waals surface area contributed by atoms with Gasteiger partial charge in [0.25, 0.3) is 0 Å². The number of halogens is 2. The van der Waals surface area contributed by atoms with Crippen LogP contribution in [0.4, 0.5) is 0 Å². The lowest BCUT2D eigenvalue weighted by Gasteiger charge is -2.32. The van der Waals surface area contributed by atoms with Crippen LogP contribution in [0.1, 0.15) is 18.4 Å². The number of cyclic esters (lactones) is 2. The molecule has 1 heterocycles. The number of hydrogen-bond acceptors (Lipinski definition) is 3. The standard InChI is InChI=1S/C14H10Cl2O3/c15-8-4-5-9(11(16)7-8)14-6-2-1-3-10(14)12(17)19-13(14)18/h1-2,4-5,7,10H,3,6H2/t10-,14+/m0/s1. The van der Waals surface area contributed by atoms with Gasteiger partial charge in [-0.3, -0.25) is 9.59 Å². The fourth-order valence-electron chi connectivity index (χ4n) is 2.88. The highest BCUT2D eigenvalue weighted by Gasteiger charge is 2.59. The van der Waals surface area contributed by atoms with Crippen LogP contribution in [-0.4, -0.2) is 11.9 Å². The summed E-state index contributed by atoms with van der Waals surface area (Å²) in [6, 6.07) is 4.96. The van der Waals surface area contributed by atoms with Crippen LogP contribution in [0.3, 0.4) is 0 Å². The number of allylic oxidation sites excluding steroid dienone is 2. The van der Waals surface area contributed by atoms with Gasteiger partial charge < -0.3 is 4.74 Å². The summed E-state index contributed by atoms with van der Waals surface area (Å²) < 4.78 is 4.84. The first kappa shape index (κ1) is 12.7. The Morgan fingerprint density at radius 2 is 2.00 bits per heavy atom. The first-order valence-corrected chi connectivity index (χ1v) is 6.68. The highest BCUT2D eigenvalue weighted by molar-refractivity contribution is 6.35. The summed E-state index contributed by atoms with van der Waals surface area (Å²) in [6.45, 7) is 0. The summed E-state index contributed by atoms with van der Waals surface area (Å²) in [5.41, 5.74) is -0.378. The molecule has 1 fully saturated rings. The van der Waals surface area contributed by atoms with Crippen molar-refractivity contribution in [2.24, 2.45) is 5.92 Å². The first-order chi connectivity index (χ1) is 9.05. The number of hydrogen-bond donors (Lipinski definition) is 0. The summed E-state index contributed by atoms with van der Waals surface area (Å²) in [6.07, 6.45) is 4.70. The third-order valence-corrected chi connectivity index (χ3v) is 4.37. The molecule has 0 unspecified atom stereocenters. The molecular weight excluding hydrogens is 287 g/mol. The van der Waals surface area contributed by atoms with Gasteiger partial charge in [-0.15, -0.1) is 0 Å². The zero-order valence-corrected chi connectivity index (χ0v) is 11.4. The number of carbonyl (C=O) groups excluding carboxylic acids is 2. The monoisotopic (exact) mass is 296 g/mol. The lowest BCUT2D eigenvalue weighted by atomic mass is 9.66.